The van der Waals surface area contributed by atoms with Crippen molar-refractivity contribution in [1.29, 1.82) is 0 Å². The Morgan fingerprint density at radius 2 is 2.00 bits per heavy atom. The summed E-state index contributed by atoms with van der Waals surface area (Å²) in [5, 5.41) is 9.79. The third-order valence-electron chi connectivity index (χ3n) is 4.97. The van der Waals surface area contributed by atoms with E-state index < -0.39 is 0 Å². The Labute approximate surface area is 150 Å². The molecule has 0 radical (unpaired) electrons. The first-order valence-electron chi connectivity index (χ1n) is 9.32. The predicted octanol–water partition coefficient (Wildman–Crippen LogP) is 1.62. The second-order valence-electron chi connectivity index (χ2n) is 6.84. The molecule has 2 aliphatic rings. The van der Waals surface area contributed by atoms with Crippen molar-refractivity contribution in [1.82, 2.24) is 16.0 Å². The van der Waals surface area contributed by atoms with Crippen molar-refractivity contribution in [3.8, 4) is 0 Å². The molecule has 2 fully saturated rings. The van der Waals surface area contributed by atoms with Gasteiger partial charge in [0.2, 0.25) is 5.91 Å². The highest BCUT2D eigenvalue weighted by atomic mass is 16.2. The molecule has 1 aromatic carbocycles. The number of piperazine rings is 1. The Morgan fingerprint density at radius 1 is 1.24 bits per heavy atom. The van der Waals surface area contributed by atoms with E-state index in [0.29, 0.717) is 19.1 Å². The first-order valence-corrected chi connectivity index (χ1v) is 9.32. The van der Waals surface area contributed by atoms with Crippen molar-refractivity contribution in [2.24, 2.45) is 4.99 Å². The van der Waals surface area contributed by atoms with Gasteiger partial charge in [0.25, 0.3) is 0 Å². The molecule has 1 saturated heterocycles. The van der Waals surface area contributed by atoms with Crippen molar-refractivity contribution in [2.75, 3.05) is 31.6 Å². The number of hydrogen-bond acceptors (Lipinski definition) is 3. The summed E-state index contributed by atoms with van der Waals surface area (Å²) in [6, 6.07) is 8.96. The van der Waals surface area contributed by atoms with Gasteiger partial charge in [-0.15, -0.1) is 0 Å². The lowest BCUT2D eigenvalue weighted by Crippen LogP contribution is -2.47. The van der Waals surface area contributed by atoms with Crippen LogP contribution < -0.4 is 20.9 Å². The number of amides is 1. The van der Waals surface area contributed by atoms with Gasteiger partial charge in [0.05, 0.1) is 6.54 Å². The molecular weight excluding hydrogens is 314 g/mol. The Hall–Kier alpha value is -2.24. The summed E-state index contributed by atoms with van der Waals surface area (Å²) >= 11 is 0. The molecule has 1 aliphatic carbocycles. The van der Waals surface area contributed by atoms with Crippen molar-refractivity contribution in [3.05, 3.63) is 29.8 Å². The standard InChI is InChI=1S/C19H29N5O/c1-20-19(23-16-5-3-2-4-6-16)22-13-15-7-9-17(10-8-15)24-12-11-21-18(25)14-24/h7-10,16H,2-6,11-14H2,1H3,(H,21,25)(H2,20,22,23). The summed E-state index contributed by atoms with van der Waals surface area (Å²) in [6.07, 6.45) is 6.45. The minimum atomic E-state index is 0.0922. The summed E-state index contributed by atoms with van der Waals surface area (Å²) < 4.78 is 0. The Balaban J connectivity index is 1.49. The molecule has 0 spiro atoms. The van der Waals surface area contributed by atoms with Crippen LogP contribution in [-0.4, -0.2) is 44.6 Å². The molecule has 1 aromatic rings. The highest BCUT2D eigenvalue weighted by Gasteiger charge is 2.16. The maximum absolute atomic E-state index is 11.5. The van der Waals surface area contributed by atoms with Crippen molar-refractivity contribution >= 4 is 17.6 Å². The van der Waals surface area contributed by atoms with Gasteiger partial charge >= 0.3 is 0 Å². The Bertz CT molecular complexity index is 592. The summed E-state index contributed by atoms with van der Waals surface area (Å²) in [7, 11) is 1.82. The van der Waals surface area contributed by atoms with Crippen molar-refractivity contribution in [2.45, 2.75) is 44.7 Å². The van der Waals surface area contributed by atoms with Gasteiger partial charge in [-0.2, -0.15) is 0 Å². The quantitative estimate of drug-likeness (QED) is 0.574. The molecule has 1 aliphatic heterocycles. The Kier molecular flexibility index (Phi) is 6.14. The molecule has 0 unspecified atom stereocenters. The van der Waals surface area contributed by atoms with E-state index >= 15 is 0 Å². The zero-order chi connectivity index (χ0) is 17.5. The van der Waals surface area contributed by atoms with Gasteiger partial charge in [0, 0.05) is 38.4 Å². The summed E-state index contributed by atoms with van der Waals surface area (Å²) in [6.45, 7) is 2.76. The van der Waals surface area contributed by atoms with Crippen LogP contribution in [-0.2, 0) is 11.3 Å². The zero-order valence-electron chi connectivity index (χ0n) is 15.1. The fourth-order valence-electron chi connectivity index (χ4n) is 3.50. The monoisotopic (exact) mass is 343 g/mol. The van der Waals surface area contributed by atoms with E-state index in [1.54, 1.807) is 0 Å². The lowest BCUT2D eigenvalue weighted by atomic mass is 9.96. The van der Waals surface area contributed by atoms with Gasteiger partial charge in [-0.3, -0.25) is 9.79 Å². The van der Waals surface area contributed by atoms with Crippen molar-refractivity contribution in [3.63, 3.8) is 0 Å². The molecule has 3 rings (SSSR count). The number of aliphatic imine (C=N–C) groups is 1. The van der Waals surface area contributed by atoms with E-state index in [2.05, 4.69) is 50.1 Å². The van der Waals surface area contributed by atoms with Crippen LogP contribution in [0.25, 0.3) is 0 Å². The molecule has 6 heteroatoms. The number of hydrogen-bond donors (Lipinski definition) is 3. The third kappa shape index (κ3) is 5.11. The predicted molar refractivity (Wildman–Crippen MR) is 102 cm³/mol. The van der Waals surface area contributed by atoms with Crippen LogP contribution in [0.3, 0.4) is 0 Å². The molecule has 1 saturated carbocycles. The highest BCUT2D eigenvalue weighted by Crippen LogP contribution is 2.18. The minimum Gasteiger partial charge on any atom is -0.360 e. The number of carbonyl (C=O) groups is 1. The largest absolute Gasteiger partial charge is 0.360 e. The second-order valence-corrected chi connectivity index (χ2v) is 6.84. The van der Waals surface area contributed by atoms with Crippen LogP contribution in [0.1, 0.15) is 37.7 Å². The summed E-state index contributed by atoms with van der Waals surface area (Å²) in [5.74, 6) is 0.971. The minimum absolute atomic E-state index is 0.0922. The molecule has 0 bridgehead atoms. The van der Waals surface area contributed by atoms with E-state index in [9.17, 15) is 4.79 Å². The number of rotatable bonds is 4. The zero-order valence-corrected chi connectivity index (χ0v) is 15.1. The normalized spacial score (nSPS) is 19.5. The van der Waals surface area contributed by atoms with Crippen molar-refractivity contribution < 1.29 is 4.79 Å². The number of guanidine groups is 1. The summed E-state index contributed by atoms with van der Waals surface area (Å²) in [4.78, 5) is 18.0. The Morgan fingerprint density at radius 3 is 2.68 bits per heavy atom. The van der Waals surface area contributed by atoms with Gasteiger partial charge in [0.15, 0.2) is 5.96 Å². The molecule has 0 atom stereocenters. The van der Waals surface area contributed by atoms with Crippen LogP contribution in [0.4, 0.5) is 5.69 Å². The van der Waals surface area contributed by atoms with Crippen LogP contribution in [0.5, 0.6) is 0 Å². The maximum atomic E-state index is 11.5. The third-order valence-corrected chi connectivity index (χ3v) is 4.97. The number of anilines is 1. The lowest BCUT2D eigenvalue weighted by molar-refractivity contribution is -0.120. The van der Waals surface area contributed by atoms with Crippen LogP contribution in [0.2, 0.25) is 0 Å². The van der Waals surface area contributed by atoms with Crippen LogP contribution in [0, 0.1) is 0 Å². The number of carbonyl (C=O) groups excluding carboxylic acids is 1. The molecule has 25 heavy (non-hydrogen) atoms. The average Bonchev–Trinajstić information content (AvgIpc) is 2.66. The smallest absolute Gasteiger partial charge is 0.239 e. The molecule has 136 valence electrons. The molecular formula is C19H29N5O. The molecule has 6 nitrogen and oxygen atoms in total. The molecule has 1 amide bonds. The SMILES string of the molecule is CN=C(NCc1ccc(N2CCNC(=O)C2)cc1)NC1CCCCC1. The fraction of sp³-hybridized carbons (Fsp3) is 0.579. The summed E-state index contributed by atoms with van der Waals surface area (Å²) in [5.41, 5.74) is 2.31. The van der Waals surface area contributed by atoms with Gasteiger partial charge in [-0.1, -0.05) is 31.4 Å². The number of nitrogens with one attached hydrogen (secondary N) is 3. The first kappa shape index (κ1) is 17.6. The van der Waals surface area contributed by atoms with Gasteiger partial charge < -0.3 is 20.9 Å². The van der Waals surface area contributed by atoms with E-state index in [4.69, 9.17) is 0 Å². The highest BCUT2D eigenvalue weighted by molar-refractivity contribution is 5.82. The number of benzene rings is 1. The first-order chi connectivity index (χ1) is 12.2. The van der Waals surface area contributed by atoms with Crippen LogP contribution in [0.15, 0.2) is 29.3 Å². The maximum Gasteiger partial charge on any atom is 0.239 e. The second kappa shape index (κ2) is 8.74. The fourth-order valence-corrected chi connectivity index (χ4v) is 3.50. The molecule has 0 aromatic heterocycles. The van der Waals surface area contributed by atoms with Gasteiger partial charge in [-0.25, -0.2) is 0 Å². The van der Waals surface area contributed by atoms with Gasteiger partial charge in [0.1, 0.15) is 0 Å². The number of nitrogens with zero attached hydrogens (tertiary/aromatic N) is 2. The topological polar surface area (TPSA) is 68.8 Å². The average molecular weight is 343 g/mol. The molecule has 1 heterocycles. The van der Waals surface area contributed by atoms with E-state index in [0.717, 1.165) is 24.7 Å². The van der Waals surface area contributed by atoms with E-state index in [1.807, 2.05) is 7.05 Å². The lowest BCUT2D eigenvalue weighted by Gasteiger charge is -2.28. The molecule has 3 N–H and O–H groups in total. The van der Waals surface area contributed by atoms with Gasteiger partial charge in [-0.05, 0) is 30.5 Å². The van der Waals surface area contributed by atoms with E-state index in [-0.39, 0.29) is 5.91 Å². The van der Waals surface area contributed by atoms with E-state index in [1.165, 1.54) is 37.7 Å². The van der Waals surface area contributed by atoms with Crippen LogP contribution >= 0.6 is 0 Å².